The number of hydrogen-bond acceptors (Lipinski definition) is 2. The standard InChI is InChI=1S/C15H20BrF3N2/c1-10(2)20-12-4-3-7-21(9-12)14-8-11(15(17,18)19)5-6-13(14)16/h5-6,8,10,12,20H,3-4,7,9H2,1-2H3. The molecule has 0 spiro atoms. The number of alkyl halides is 3. The van der Waals surface area contributed by atoms with Crippen molar-refractivity contribution in [2.24, 2.45) is 0 Å². The molecule has 2 nitrogen and oxygen atoms in total. The van der Waals surface area contributed by atoms with E-state index in [1.54, 1.807) is 0 Å². The van der Waals surface area contributed by atoms with Crippen LogP contribution in [0.1, 0.15) is 32.3 Å². The average molecular weight is 365 g/mol. The summed E-state index contributed by atoms with van der Waals surface area (Å²) in [5.41, 5.74) is 0.0275. The molecular formula is C15H20BrF3N2. The van der Waals surface area contributed by atoms with Crippen LogP contribution in [0.25, 0.3) is 0 Å². The SMILES string of the molecule is CC(C)NC1CCCN(c2cc(C(F)(F)F)ccc2Br)C1. The normalized spacial score (nSPS) is 20.1. The van der Waals surface area contributed by atoms with Crippen molar-refractivity contribution in [1.82, 2.24) is 5.32 Å². The number of hydrogen-bond donors (Lipinski definition) is 1. The van der Waals surface area contributed by atoms with Gasteiger partial charge in [0.1, 0.15) is 0 Å². The maximum absolute atomic E-state index is 12.9. The topological polar surface area (TPSA) is 15.3 Å². The van der Waals surface area contributed by atoms with Gasteiger partial charge in [-0.15, -0.1) is 0 Å². The molecule has 0 radical (unpaired) electrons. The average Bonchev–Trinajstić information content (AvgIpc) is 2.37. The highest BCUT2D eigenvalue weighted by atomic mass is 79.9. The number of piperidine rings is 1. The lowest BCUT2D eigenvalue weighted by Crippen LogP contribution is -2.48. The number of benzene rings is 1. The lowest BCUT2D eigenvalue weighted by molar-refractivity contribution is -0.137. The van der Waals surface area contributed by atoms with E-state index in [0.29, 0.717) is 22.2 Å². The quantitative estimate of drug-likeness (QED) is 0.852. The van der Waals surface area contributed by atoms with Crippen molar-refractivity contribution in [2.75, 3.05) is 18.0 Å². The molecule has 1 aliphatic heterocycles. The van der Waals surface area contributed by atoms with Crippen molar-refractivity contribution in [3.8, 4) is 0 Å². The Balaban J connectivity index is 2.20. The van der Waals surface area contributed by atoms with Crippen molar-refractivity contribution in [1.29, 1.82) is 0 Å². The van der Waals surface area contributed by atoms with Crippen LogP contribution < -0.4 is 10.2 Å². The summed E-state index contributed by atoms with van der Waals surface area (Å²) < 4.78 is 39.3. The second-order valence-corrected chi connectivity index (χ2v) is 6.62. The maximum atomic E-state index is 12.9. The molecule has 1 heterocycles. The van der Waals surface area contributed by atoms with Crippen LogP contribution in [0.3, 0.4) is 0 Å². The maximum Gasteiger partial charge on any atom is 0.416 e. The molecule has 1 atom stereocenters. The molecule has 1 aromatic carbocycles. The predicted molar refractivity (Wildman–Crippen MR) is 82.7 cm³/mol. The van der Waals surface area contributed by atoms with Gasteiger partial charge in [-0.1, -0.05) is 13.8 Å². The van der Waals surface area contributed by atoms with E-state index in [0.717, 1.165) is 32.0 Å². The Morgan fingerprint density at radius 2 is 2.05 bits per heavy atom. The van der Waals surface area contributed by atoms with E-state index >= 15 is 0 Å². The van der Waals surface area contributed by atoms with Crippen LogP contribution in [0, 0.1) is 0 Å². The van der Waals surface area contributed by atoms with Gasteiger partial charge in [-0.25, -0.2) is 0 Å². The molecule has 0 aliphatic carbocycles. The first-order valence-corrected chi connectivity index (χ1v) is 7.94. The Kier molecular flexibility index (Phi) is 5.20. The van der Waals surface area contributed by atoms with Crippen molar-refractivity contribution < 1.29 is 13.2 Å². The summed E-state index contributed by atoms with van der Waals surface area (Å²) in [5.74, 6) is 0. The molecule has 1 N–H and O–H groups in total. The number of rotatable bonds is 3. The van der Waals surface area contributed by atoms with Gasteiger partial charge in [0.2, 0.25) is 0 Å². The summed E-state index contributed by atoms with van der Waals surface area (Å²) in [6.07, 6.45) is -2.26. The van der Waals surface area contributed by atoms with E-state index in [9.17, 15) is 13.2 Å². The first-order chi connectivity index (χ1) is 9.77. The third-order valence-electron chi connectivity index (χ3n) is 3.60. The monoisotopic (exact) mass is 364 g/mol. The van der Waals surface area contributed by atoms with Gasteiger partial charge in [-0.2, -0.15) is 13.2 Å². The van der Waals surface area contributed by atoms with E-state index in [4.69, 9.17) is 0 Å². The van der Waals surface area contributed by atoms with Gasteiger partial charge in [-0.05, 0) is 47.0 Å². The first-order valence-electron chi connectivity index (χ1n) is 7.15. The summed E-state index contributed by atoms with van der Waals surface area (Å²) >= 11 is 3.37. The van der Waals surface area contributed by atoms with Crippen molar-refractivity contribution in [3.05, 3.63) is 28.2 Å². The van der Waals surface area contributed by atoms with Gasteiger partial charge < -0.3 is 10.2 Å². The van der Waals surface area contributed by atoms with Crippen LogP contribution >= 0.6 is 15.9 Å². The molecule has 6 heteroatoms. The van der Waals surface area contributed by atoms with Crippen molar-refractivity contribution >= 4 is 21.6 Å². The van der Waals surface area contributed by atoms with E-state index in [2.05, 4.69) is 35.1 Å². The van der Waals surface area contributed by atoms with Crippen LogP contribution in [0.2, 0.25) is 0 Å². The zero-order valence-corrected chi connectivity index (χ0v) is 13.8. The smallest absolute Gasteiger partial charge is 0.369 e. The molecule has 118 valence electrons. The Hall–Kier alpha value is -0.750. The molecule has 1 unspecified atom stereocenters. The summed E-state index contributed by atoms with van der Waals surface area (Å²) in [6.45, 7) is 5.69. The minimum Gasteiger partial charge on any atom is -0.369 e. The van der Waals surface area contributed by atoms with Gasteiger partial charge in [0, 0.05) is 29.6 Å². The number of halogens is 4. The summed E-state index contributed by atoms with van der Waals surface area (Å²) in [4.78, 5) is 2.03. The van der Waals surface area contributed by atoms with Crippen molar-refractivity contribution in [2.45, 2.75) is 44.9 Å². The molecule has 2 rings (SSSR count). The first kappa shape index (κ1) is 16.6. The summed E-state index contributed by atoms with van der Waals surface area (Å²) in [7, 11) is 0. The third-order valence-corrected chi connectivity index (χ3v) is 4.28. The van der Waals surface area contributed by atoms with E-state index in [1.165, 1.54) is 12.1 Å². The minimum absolute atomic E-state index is 0.320. The Morgan fingerprint density at radius 1 is 1.33 bits per heavy atom. The molecule has 0 saturated carbocycles. The van der Waals surface area contributed by atoms with E-state index < -0.39 is 11.7 Å². The van der Waals surface area contributed by atoms with Gasteiger partial charge in [0.25, 0.3) is 0 Å². The Labute approximate surface area is 131 Å². The number of nitrogens with one attached hydrogen (secondary N) is 1. The van der Waals surface area contributed by atoms with Crippen molar-refractivity contribution in [3.63, 3.8) is 0 Å². The van der Waals surface area contributed by atoms with Gasteiger partial charge in [-0.3, -0.25) is 0 Å². The summed E-state index contributed by atoms with van der Waals surface area (Å²) in [5, 5.41) is 3.47. The predicted octanol–water partition coefficient (Wildman–Crippen LogP) is 4.43. The highest BCUT2D eigenvalue weighted by Crippen LogP contribution is 2.36. The Bertz CT molecular complexity index is 488. The second kappa shape index (κ2) is 6.57. The summed E-state index contributed by atoms with van der Waals surface area (Å²) in [6, 6.07) is 4.53. The second-order valence-electron chi connectivity index (χ2n) is 5.77. The van der Waals surface area contributed by atoms with Crippen LogP contribution in [0.4, 0.5) is 18.9 Å². The van der Waals surface area contributed by atoms with Gasteiger partial charge >= 0.3 is 6.18 Å². The molecule has 1 fully saturated rings. The zero-order valence-electron chi connectivity index (χ0n) is 12.2. The van der Waals surface area contributed by atoms with Crippen LogP contribution in [0.5, 0.6) is 0 Å². The molecule has 0 amide bonds. The van der Waals surface area contributed by atoms with Gasteiger partial charge in [0.15, 0.2) is 0 Å². The molecular weight excluding hydrogens is 345 g/mol. The molecule has 21 heavy (non-hydrogen) atoms. The number of nitrogens with zero attached hydrogens (tertiary/aromatic N) is 1. The lowest BCUT2D eigenvalue weighted by atomic mass is 10.0. The fourth-order valence-corrected chi connectivity index (χ4v) is 3.23. The molecule has 1 aromatic rings. The van der Waals surface area contributed by atoms with Crippen LogP contribution in [-0.4, -0.2) is 25.2 Å². The lowest BCUT2D eigenvalue weighted by Gasteiger charge is -2.36. The van der Waals surface area contributed by atoms with Gasteiger partial charge in [0.05, 0.1) is 11.3 Å². The molecule has 0 aromatic heterocycles. The highest BCUT2D eigenvalue weighted by molar-refractivity contribution is 9.10. The van der Waals surface area contributed by atoms with E-state index in [-0.39, 0.29) is 0 Å². The molecule has 1 saturated heterocycles. The largest absolute Gasteiger partial charge is 0.416 e. The highest BCUT2D eigenvalue weighted by Gasteiger charge is 2.32. The fourth-order valence-electron chi connectivity index (χ4n) is 2.73. The molecule has 0 bridgehead atoms. The minimum atomic E-state index is -4.30. The van der Waals surface area contributed by atoms with E-state index in [1.807, 2.05) is 4.90 Å². The van der Waals surface area contributed by atoms with Crippen LogP contribution in [-0.2, 0) is 6.18 Å². The van der Waals surface area contributed by atoms with Crippen LogP contribution in [0.15, 0.2) is 22.7 Å². The Morgan fingerprint density at radius 3 is 2.67 bits per heavy atom. The fraction of sp³-hybridized carbons (Fsp3) is 0.600. The number of anilines is 1. The zero-order chi connectivity index (χ0) is 15.6. The third kappa shape index (κ3) is 4.36. The molecule has 1 aliphatic rings.